The van der Waals surface area contributed by atoms with E-state index in [0.29, 0.717) is 18.3 Å². The largest absolute Gasteiger partial charge is 0.387 e. The van der Waals surface area contributed by atoms with Crippen LogP contribution in [0.25, 0.3) is 0 Å². The molecule has 0 spiro atoms. The minimum Gasteiger partial charge on any atom is -0.387 e. The lowest BCUT2D eigenvalue weighted by atomic mass is 9.72. The highest BCUT2D eigenvalue weighted by atomic mass is 35.5. The van der Waals surface area contributed by atoms with Gasteiger partial charge in [0.25, 0.3) is 0 Å². The van der Waals surface area contributed by atoms with Crippen LogP contribution in [0.15, 0.2) is 36.9 Å². The number of aryl methyl sites for hydroxylation is 1. The Labute approximate surface area is 152 Å². The van der Waals surface area contributed by atoms with Crippen LogP contribution in [0.4, 0.5) is 0 Å². The van der Waals surface area contributed by atoms with Crippen molar-refractivity contribution in [3.8, 4) is 0 Å². The molecule has 0 unspecified atom stereocenters. The molecule has 130 valence electrons. The van der Waals surface area contributed by atoms with Crippen LogP contribution >= 0.6 is 23.2 Å². The van der Waals surface area contributed by atoms with Gasteiger partial charge in [0.1, 0.15) is 12.7 Å². The van der Waals surface area contributed by atoms with Gasteiger partial charge < -0.3 is 5.11 Å². The average molecular weight is 368 g/mol. The van der Waals surface area contributed by atoms with Crippen molar-refractivity contribution in [3.05, 3.63) is 48.0 Å². The number of aromatic nitrogens is 3. The van der Waals surface area contributed by atoms with E-state index in [4.69, 9.17) is 23.2 Å². The highest BCUT2D eigenvalue weighted by Gasteiger charge is 2.58. The molecule has 4 nitrogen and oxygen atoms in total. The van der Waals surface area contributed by atoms with E-state index in [1.807, 2.05) is 0 Å². The van der Waals surface area contributed by atoms with Crippen molar-refractivity contribution in [1.82, 2.24) is 14.8 Å². The van der Waals surface area contributed by atoms with Gasteiger partial charge in [-0.05, 0) is 37.7 Å². The van der Waals surface area contributed by atoms with Gasteiger partial charge >= 0.3 is 0 Å². The van der Waals surface area contributed by atoms with Crippen LogP contribution in [0, 0.1) is 18.3 Å². The van der Waals surface area contributed by atoms with Gasteiger partial charge in [-0.3, -0.25) is 4.68 Å². The molecule has 0 aliphatic heterocycles. The number of rotatable bonds is 6. The molecule has 0 radical (unpaired) electrons. The van der Waals surface area contributed by atoms with E-state index < -0.39 is 11.0 Å². The fraction of sp³-hybridized carbons (Fsp3) is 0.556. The SMILES string of the molecule is Cc1ccc(C[C@H]2CCC(CCl)(CCl)[C@]2(O)Cn2cncn2)cc1. The summed E-state index contributed by atoms with van der Waals surface area (Å²) in [6, 6.07) is 8.48. The summed E-state index contributed by atoms with van der Waals surface area (Å²) < 4.78 is 1.68. The van der Waals surface area contributed by atoms with Crippen LogP contribution < -0.4 is 0 Å². The quantitative estimate of drug-likeness (QED) is 0.795. The maximum absolute atomic E-state index is 11.7. The first-order valence-corrected chi connectivity index (χ1v) is 9.32. The Hall–Kier alpha value is -1.10. The maximum atomic E-state index is 11.7. The van der Waals surface area contributed by atoms with Crippen LogP contribution in [0.5, 0.6) is 0 Å². The molecule has 0 amide bonds. The van der Waals surface area contributed by atoms with E-state index in [0.717, 1.165) is 19.3 Å². The number of aliphatic hydroxyl groups is 1. The molecule has 1 saturated carbocycles. The summed E-state index contributed by atoms with van der Waals surface area (Å²) in [6.07, 6.45) is 5.64. The molecule has 2 aromatic rings. The van der Waals surface area contributed by atoms with Crippen LogP contribution in [-0.4, -0.2) is 37.2 Å². The zero-order valence-corrected chi connectivity index (χ0v) is 15.3. The minimum atomic E-state index is -1.00. The van der Waals surface area contributed by atoms with Crippen molar-refractivity contribution in [3.63, 3.8) is 0 Å². The molecule has 1 heterocycles. The second-order valence-corrected chi connectivity index (χ2v) is 7.52. The van der Waals surface area contributed by atoms with Crippen molar-refractivity contribution in [2.75, 3.05) is 11.8 Å². The van der Waals surface area contributed by atoms with E-state index in [-0.39, 0.29) is 5.92 Å². The molecular weight excluding hydrogens is 345 g/mol. The lowest BCUT2D eigenvalue weighted by Gasteiger charge is -2.43. The van der Waals surface area contributed by atoms with Crippen LogP contribution in [0.3, 0.4) is 0 Å². The number of hydrogen-bond donors (Lipinski definition) is 1. The van der Waals surface area contributed by atoms with E-state index in [1.165, 1.54) is 17.5 Å². The number of alkyl halides is 2. The molecule has 1 N–H and O–H groups in total. The Kier molecular flexibility index (Phi) is 5.19. The lowest BCUT2D eigenvalue weighted by molar-refractivity contribution is -0.0875. The molecule has 24 heavy (non-hydrogen) atoms. The molecule has 3 rings (SSSR count). The second kappa shape index (κ2) is 7.03. The van der Waals surface area contributed by atoms with Gasteiger partial charge in [0, 0.05) is 17.2 Å². The molecule has 1 aliphatic rings. The highest BCUT2D eigenvalue weighted by molar-refractivity contribution is 6.21. The molecule has 1 fully saturated rings. The molecular formula is C18H23Cl2N3O. The predicted octanol–water partition coefficient (Wildman–Crippen LogP) is 3.43. The Morgan fingerprint density at radius 2 is 1.96 bits per heavy atom. The zero-order chi connectivity index (χ0) is 17.2. The maximum Gasteiger partial charge on any atom is 0.137 e. The van der Waals surface area contributed by atoms with Crippen molar-refractivity contribution in [2.45, 2.75) is 38.3 Å². The van der Waals surface area contributed by atoms with Crippen molar-refractivity contribution < 1.29 is 5.11 Å². The Morgan fingerprint density at radius 1 is 1.25 bits per heavy atom. The summed E-state index contributed by atoms with van der Waals surface area (Å²) >= 11 is 12.6. The van der Waals surface area contributed by atoms with Gasteiger partial charge in [0.2, 0.25) is 0 Å². The van der Waals surface area contributed by atoms with Crippen LogP contribution in [-0.2, 0) is 13.0 Å². The van der Waals surface area contributed by atoms with E-state index in [9.17, 15) is 5.11 Å². The Morgan fingerprint density at radius 3 is 2.54 bits per heavy atom. The molecule has 6 heteroatoms. The van der Waals surface area contributed by atoms with Gasteiger partial charge in [-0.1, -0.05) is 29.8 Å². The monoisotopic (exact) mass is 367 g/mol. The van der Waals surface area contributed by atoms with Crippen LogP contribution in [0.2, 0.25) is 0 Å². The van der Waals surface area contributed by atoms with Gasteiger partial charge in [-0.25, -0.2) is 4.98 Å². The summed E-state index contributed by atoms with van der Waals surface area (Å²) in [5.41, 5.74) is 0.952. The van der Waals surface area contributed by atoms with Gasteiger partial charge in [0.05, 0.1) is 12.1 Å². The predicted molar refractivity (Wildman–Crippen MR) is 96.5 cm³/mol. The summed E-state index contributed by atoms with van der Waals surface area (Å²) in [4.78, 5) is 3.99. The average Bonchev–Trinajstić information content (AvgIpc) is 3.17. The van der Waals surface area contributed by atoms with Crippen molar-refractivity contribution in [2.24, 2.45) is 11.3 Å². The van der Waals surface area contributed by atoms with E-state index in [2.05, 4.69) is 41.3 Å². The smallest absolute Gasteiger partial charge is 0.137 e. The van der Waals surface area contributed by atoms with E-state index in [1.54, 1.807) is 11.0 Å². The Balaban J connectivity index is 1.90. The van der Waals surface area contributed by atoms with Gasteiger partial charge in [-0.15, -0.1) is 23.2 Å². The number of halogens is 2. The van der Waals surface area contributed by atoms with E-state index >= 15 is 0 Å². The molecule has 2 atom stereocenters. The third-order valence-electron chi connectivity index (χ3n) is 5.55. The first-order valence-electron chi connectivity index (χ1n) is 8.25. The van der Waals surface area contributed by atoms with Crippen molar-refractivity contribution in [1.29, 1.82) is 0 Å². The molecule has 0 saturated heterocycles. The minimum absolute atomic E-state index is 0.0851. The first-order chi connectivity index (χ1) is 11.5. The summed E-state index contributed by atoms with van der Waals surface area (Å²) in [5, 5.41) is 15.9. The number of hydrogen-bond acceptors (Lipinski definition) is 3. The van der Waals surface area contributed by atoms with Gasteiger partial charge in [0.15, 0.2) is 0 Å². The summed E-state index contributed by atoms with van der Waals surface area (Å²) in [6.45, 7) is 2.44. The molecule has 0 bridgehead atoms. The fourth-order valence-electron chi connectivity index (χ4n) is 3.88. The zero-order valence-electron chi connectivity index (χ0n) is 13.8. The third-order valence-corrected chi connectivity index (χ3v) is 6.57. The summed E-state index contributed by atoms with van der Waals surface area (Å²) in [5.74, 6) is 0.764. The van der Waals surface area contributed by atoms with Crippen molar-refractivity contribution >= 4 is 23.2 Å². The van der Waals surface area contributed by atoms with Crippen LogP contribution in [0.1, 0.15) is 24.0 Å². The molecule has 1 aromatic heterocycles. The number of nitrogens with zero attached hydrogens (tertiary/aromatic N) is 3. The first kappa shape index (κ1) is 17.7. The summed E-state index contributed by atoms with van der Waals surface area (Å²) in [7, 11) is 0. The fourth-order valence-corrected chi connectivity index (χ4v) is 4.89. The third kappa shape index (κ3) is 3.07. The second-order valence-electron chi connectivity index (χ2n) is 6.99. The topological polar surface area (TPSA) is 50.9 Å². The normalized spacial score (nSPS) is 25.9. The molecule has 1 aromatic carbocycles. The Bertz CT molecular complexity index is 655. The molecule has 1 aliphatic carbocycles. The van der Waals surface area contributed by atoms with Gasteiger partial charge in [-0.2, -0.15) is 5.10 Å². The lowest BCUT2D eigenvalue weighted by Crippen LogP contribution is -2.54. The highest BCUT2D eigenvalue weighted by Crippen LogP contribution is 2.53. The number of benzene rings is 1. The standard InChI is InChI=1S/C18H23Cl2N3O/c1-14-2-4-15(5-3-14)8-16-6-7-17(9-19,10-20)18(16,24)11-23-13-21-12-22-23/h2-5,12-13,16,24H,6-11H2,1H3/t16-,18+/m1/s1.